The van der Waals surface area contributed by atoms with Gasteiger partial charge in [-0.3, -0.25) is 24.2 Å². The summed E-state index contributed by atoms with van der Waals surface area (Å²) in [6.45, 7) is 2.73. The first kappa shape index (κ1) is 16.9. The number of hydrogen-bond donors (Lipinski definition) is 0. The highest BCUT2D eigenvalue weighted by Crippen LogP contribution is 2.36. The van der Waals surface area contributed by atoms with E-state index >= 15 is 0 Å². The molecule has 1 fully saturated rings. The van der Waals surface area contributed by atoms with Gasteiger partial charge in [-0.2, -0.15) is 0 Å². The molecule has 4 heterocycles. The van der Waals surface area contributed by atoms with E-state index in [0.29, 0.717) is 23.8 Å². The summed E-state index contributed by atoms with van der Waals surface area (Å²) in [7, 11) is 0. The molecule has 1 amide bonds. The lowest BCUT2D eigenvalue weighted by Crippen LogP contribution is -2.51. The van der Waals surface area contributed by atoms with Gasteiger partial charge < -0.3 is 4.57 Å². The Morgan fingerprint density at radius 2 is 1.89 bits per heavy atom. The van der Waals surface area contributed by atoms with Crippen molar-refractivity contribution in [2.45, 2.75) is 18.9 Å². The number of halogens is 1. The zero-order valence-corrected chi connectivity index (χ0v) is 16.2. The Kier molecular flexibility index (Phi) is 3.84. The molecule has 138 valence electrons. The van der Waals surface area contributed by atoms with E-state index < -0.39 is 11.7 Å². The molecule has 0 radical (unpaired) electrons. The van der Waals surface area contributed by atoms with Crippen LogP contribution in [0.15, 0.2) is 45.7 Å². The standard InChI is InChI=1S/C20H18BrN3O3/c21-14-4-5-17-15(7-14)19(26)20(27)24(17)11-22-8-12-6-13(10-22)16-2-1-3-18(25)23(16)9-12/h1-5,7,12-13H,6,8-11H2/t12-,13+/m0/s1. The van der Waals surface area contributed by atoms with Crippen molar-refractivity contribution in [1.29, 1.82) is 0 Å². The third kappa shape index (κ3) is 2.68. The highest BCUT2D eigenvalue weighted by atomic mass is 79.9. The Balaban J connectivity index is 1.42. The van der Waals surface area contributed by atoms with Crippen LogP contribution in [0.4, 0.5) is 5.69 Å². The lowest BCUT2D eigenvalue weighted by Gasteiger charge is -2.43. The fraction of sp³-hybridized carbons (Fsp3) is 0.350. The average Bonchev–Trinajstić information content (AvgIpc) is 2.87. The van der Waals surface area contributed by atoms with Gasteiger partial charge in [-0.25, -0.2) is 0 Å². The number of ketones is 1. The molecule has 2 atom stereocenters. The molecule has 1 aromatic carbocycles. The Morgan fingerprint density at radius 1 is 1.04 bits per heavy atom. The molecule has 1 saturated heterocycles. The topological polar surface area (TPSA) is 62.6 Å². The molecule has 0 spiro atoms. The van der Waals surface area contributed by atoms with Crippen LogP contribution in [-0.2, 0) is 11.3 Å². The zero-order chi connectivity index (χ0) is 18.7. The number of Topliss-reactive ketones (excluding diaryl/α,β-unsaturated/α-hetero) is 1. The summed E-state index contributed by atoms with van der Waals surface area (Å²) in [5.74, 6) is -0.241. The van der Waals surface area contributed by atoms with Gasteiger partial charge in [-0.1, -0.05) is 22.0 Å². The lowest BCUT2D eigenvalue weighted by atomic mass is 9.83. The number of amides is 1. The predicted molar refractivity (Wildman–Crippen MR) is 104 cm³/mol. The number of carbonyl (C=O) groups excluding carboxylic acids is 2. The maximum absolute atomic E-state index is 12.5. The number of rotatable bonds is 2. The number of benzene rings is 1. The normalized spacial score (nSPS) is 24.1. The highest BCUT2D eigenvalue weighted by Gasteiger charge is 2.40. The average molecular weight is 428 g/mol. The Bertz CT molecular complexity index is 1030. The van der Waals surface area contributed by atoms with E-state index in [1.807, 2.05) is 28.8 Å². The molecule has 2 bridgehead atoms. The van der Waals surface area contributed by atoms with Crippen molar-refractivity contribution < 1.29 is 9.59 Å². The van der Waals surface area contributed by atoms with Crippen molar-refractivity contribution >= 4 is 33.3 Å². The molecule has 1 aromatic heterocycles. The monoisotopic (exact) mass is 427 g/mol. The van der Waals surface area contributed by atoms with E-state index in [2.05, 4.69) is 20.8 Å². The maximum atomic E-state index is 12.5. The van der Waals surface area contributed by atoms with Crippen molar-refractivity contribution in [2.24, 2.45) is 5.92 Å². The minimum Gasteiger partial charge on any atom is -0.312 e. The Morgan fingerprint density at radius 3 is 2.74 bits per heavy atom. The van der Waals surface area contributed by atoms with E-state index in [-0.39, 0.29) is 11.5 Å². The molecule has 0 unspecified atom stereocenters. The second-order valence-electron chi connectivity index (χ2n) is 7.60. The number of carbonyl (C=O) groups is 2. The van der Waals surface area contributed by atoms with Crippen LogP contribution >= 0.6 is 15.9 Å². The maximum Gasteiger partial charge on any atom is 0.300 e. The van der Waals surface area contributed by atoms with Gasteiger partial charge in [0.2, 0.25) is 0 Å². The Labute approximate surface area is 164 Å². The van der Waals surface area contributed by atoms with Crippen LogP contribution in [0.5, 0.6) is 0 Å². The van der Waals surface area contributed by atoms with Gasteiger partial charge in [-0.15, -0.1) is 0 Å². The van der Waals surface area contributed by atoms with E-state index in [0.717, 1.165) is 36.2 Å². The summed E-state index contributed by atoms with van der Waals surface area (Å²) < 4.78 is 2.69. The largest absolute Gasteiger partial charge is 0.312 e. The third-order valence-corrected chi connectivity index (χ3v) is 6.32. The van der Waals surface area contributed by atoms with E-state index in [1.54, 1.807) is 17.0 Å². The van der Waals surface area contributed by atoms with Crippen LogP contribution in [0, 0.1) is 5.92 Å². The number of aromatic nitrogens is 1. The zero-order valence-electron chi connectivity index (χ0n) is 14.6. The first-order chi connectivity index (χ1) is 13.0. The van der Waals surface area contributed by atoms with Crippen LogP contribution in [0.2, 0.25) is 0 Å². The molecule has 3 aliphatic rings. The Hall–Kier alpha value is -2.25. The van der Waals surface area contributed by atoms with Crippen molar-refractivity contribution in [2.75, 3.05) is 24.7 Å². The van der Waals surface area contributed by atoms with E-state index in [4.69, 9.17) is 0 Å². The number of pyridine rings is 1. The van der Waals surface area contributed by atoms with Gasteiger partial charge in [0.05, 0.1) is 17.9 Å². The second kappa shape index (κ2) is 6.14. The fourth-order valence-electron chi connectivity index (χ4n) is 4.72. The van der Waals surface area contributed by atoms with Gasteiger partial charge in [0, 0.05) is 41.8 Å². The number of piperidine rings is 1. The minimum absolute atomic E-state index is 0.0653. The van der Waals surface area contributed by atoms with Crippen LogP contribution in [0.1, 0.15) is 28.4 Å². The molecule has 0 aliphatic carbocycles. The van der Waals surface area contributed by atoms with E-state index in [1.165, 1.54) is 0 Å². The molecular formula is C20H18BrN3O3. The molecule has 2 aromatic rings. The molecule has 0 saturated carbocycles. The first-order valence-electron chi connectivity index (χ1n) is 9.09. The lowest BCUT2D eigenvalue weighted by molar-refractivity contribution is -0.114. The van der Waals surface area contributed by atoms with Crippen LogP contribution < -0.4 is 10.5 Å². The van der Waals surface area contributed by atoms with Crippen LogP contribution in [0.25, 0.3) is 0 Å². The summed E-state index contributed by atoms with van der Waals surface area (Å²) in [6.07, 6.45) is 1.07. The van der Waals surface area contributed by atoms with Crippen molar-refractivity contribution in [3.63, 3.8) is 0 Å². The minimum atomic E-state index is -0.463. The highest BCUT2D eigenvalue weighted by molar-refractivity contribution is 9.10. The summed E-state index contributed by atoms with van der Waals surface area (Å²) in [4.78, 5) is 40.8. The van der Waals surface area contributed by atoms with Crippen LogP contribution in [-0.4, -0.2) is 40.9 Å². The molecule has 6 nitrogen and oxygen atoms in total. The molecule has 7 heteroatoms. The summed E-state index contributed by atoms with van der Waals surface area (Å²) >= 11 is 3.36. The first-order valence-corrected chi connectivity index (χ1v) is 9.88. The molecule has 0 N–H and O–H groups in total. The smallest absolute Gasteiger partial charge is 0.300 e. The SMILES string of the molecule is O=C1C(=O)N(CN2C[C@@H]3C[C@H](C2)c2cccc(=O)n2C3)c2ccc(Br)cc21. The fourth-order valence-corrected chi connectivity index (χ4v) is 5.09. The van der Waals surface area contributed by atoms with Gasteiger partial charge in [0.15, 0.2) is 0 Å². The van der Waals surface area contributed by atoms with Crippen molar-refractivity contribution in [1.82, 2.24) is 9.47 Å². The van der Waals surface area contributed by atoms with Gasteiger partial charge in [0.1, 0.15) is 0 Å². The number of hydrogen-bond acceptors (Lipinski definition) is 4. The summed E-state index contributed by atoms with van der Waals surface area (Å²) in [5, 5.41) is 0. The van der Waals surface area contributed by atoms with Crippen molar-refractivity contribution in [3.8, 4) is 0 Å². The molecule has 3 aliphatic heterocycles. The van der Waals surface area contributed by atoms with Gasteiger partial charge >= 0.3 is 5.91 Å². The number of nitrogens with zero attached hydrogens (tertiary/aromatic N) is 3. The quantitative estimate of drug-likeness (QED) is 0.689. The van der Waals surface area contributed by atoms with Crippen LogP contribution in [0.3, 0.4) is 0 Å². The summed E-state index contributed by atoms with van der Waals surface area (Å²) in [5.41, 5.74) is 2.29. The van der Waals surface area contributed by atoms with E-state index in [9.17, 15) is 14.4 Å². The predicted octanol–water partition coefficient (Wildman–Crippen LogP) is 2.22. The number of anilines is 1. The molecular weight excluding hydrogens is 410 g/mol. The number of likely N-dealkylation sites (tertiary alicyclic amines) is 1. The van der Waals surface area contributed by atoms with Gasteiger partial charge in [0.25, 0.3) is 11.3 Å². The molecule has 5 rings (SSSR count). The third-order valence-electron chi connectivity index (χ3n) is 5.83. The summed E-state index contributed by atoms with van der Waals surface area (Å²) in [6, 6.07) is 10.9. The molecule has 27 heavy (non-hydrogen) atoms. The van der Waals surface area contributed by atoms with Gasteiger partial charge in [-0.05, 0) is 36.6 Å². The van der Waals surface area contributed by atoms with Crippen molar-refractivity contribution in [3.05, 3.63) is 62.5 Å². The second-order valence-corrected chi connectivity index (χ2v) is 8.51. The number of fused-ring (bicyclic) bond motifs is 5.